The Hall–Kier alpha value is -8.93. The maximum absolute atomic E-state index is 5.35. The lowest BCUT2D eigenvalue weighted by molar-refractivity contribution is 0.953. The first-order chi connectivity index (χ1) is 32.7. The molecule has 13 aromatic rings. The Balaban J connectivity index is 0.998. The van der Waals surface area contributed by atoms with Crippen molar-refractivity contribution in [3.63, 3.8) is 0 Å². The van der Waals surface area contributed by atoms with Crippen LogP contribution in [-0.4, -0.2) is 24.1 Å². The molecule has 0 atom stereocenters. The average molecular weight is 842 g/mol. The Labute approximate surface area is 381 Å². The summed E-state index contributed by atoms with van der Waals surface area (Å²) in [5, 5.41) is 7.10. The highest BCUT2D eigenvalue weighted by Gasteiger charge is 2.21. The topological polar surface area (TPSA) is 48.5 Å². The lowest BCUT2D eigenvalue weighted by Gasteiger charge is -2.12. The number of para-hydroxylation sites is 2. The molecule has 0 amide bonds. The van der Waals surface area contributed by atoms with Crippen LogP contribution < -0.4 is 0 Å². The molecule has 0 fully saturated rings. The molecule has 0 unspecified atom stereocenters. The van der Waals surface area contributed by atoms with Crippen molar-refractivity contribution in [3.05, 3.63) is 237 Å². The fraction of sp³-hybridized carbons (Fsp3) is 0. The summed E-state index contributed by atoms with van der Waals surface area (Å²) < 4.78 is 4.61. The number of hydrogen-bond acceptors (Lipinski definition) is 3. The first-order valence-electron chi connectivity index (χ1n) is 22.3. The largest absolute Gasteiger partial charge is 0.309 e. The first-order valence-corrected chi connectivity index (χ1v) is 22.3. The molecule has 13 rings (SSSR count). The Bertz CT molecular complexity index is 3890. The van der Waals surface area contributed by atoms with Gasteiger partial charge < -0.3 is 4.57 Å². The van der Waals surface area contributed by atoms with Crippen LogP contribution in [0.25, 0.3) is 122 Å². The Morgan fingerprint density at radius 2 is 0.667 bits per heavy atom. The van der Waals surface area contributed by atoms with E-state index in [4.69, 9.17) is 15.0 Å². The van der Waals surface area contributed by atoms with Gasteiger partial charge in [-0.15, -0.1) is 0 Å². The van der Waals surface area contributed by atoms with Crippen LogP contribution in [0.5, 0.6) is 0 Å². The van der Waals surface area contributed by atoms with Crippen LogP contribution in [0.15, 0.2) is 237 Å². The normalized spacial score (nSPS) is 11.6. The lowest BCUT2D eigenvalue weighted by Crippen LogP contribution is -2.06. The smallest absolute Gasteiger partial charge is 0.238 e. The Morgan fingerprint density at radius 1 is 0.258 bits per heavy atom. The zero-order valence-electron chi connectivity index (χ0n) is 35.8. The number of benzene rings is 10. The fourth-order valence-corrected chi connectivity index (χ4v) is 9.80. The molecule has 0 saturated heterocycles. The van der Waals surface area contributed by atoms with E-state index >= 15 is 0 Å². The quantitative estimate of drug-likeness (QED) is 0.161. The zero-order chi connectivity index (χ0) is 43.6. The molecule has 0 spiro atoms. The van der Waals surface area contributed by atoms with Crippen molar-refractivity contribution >= 4 is 54.4 Å². The van der Waals surface area contributed by atoms with E-state index < -0.39 is 0 Å². The number of aromatic nitrogens is 5. The van der Waals surface area contributed by atoms with Crippen LogP contribution in [0.4, 0.5) is 0 Å². The van der Waals surface area contributed by atoms with E-state index in [1.807, 2.05) is 12.1 Å². The van der Waals surface area contributed by atoms with Crippen molar-refractivity contribution in [2.45, 2.75) is 0 Å². The summed E-state index contributed by atoms with van der Waals surface area (Å²) in [6.45, 7) is 0. The summed E-state index contributed by atoms with van der Waals surface area (Å²) in [5.74, 6) is 1.77. The van der Waals surface area contributed by atoms with Gasteiger partial charge in [0.25, 0.3) is 0 Å². The maximum Gasteiger partial charge on any atom is 0.238 e. The van der Waals surface area contributed by atoms with Crippen molar-refractivity contribution in [1.29, 1.82) is 0 Å². The third kappa shape index (κ3) is 6.28. The van der Waals surface area contributed by atoms with Crippen LogP contribution in [0.3, 0.4) is 0 Å². The molecule has 0 bridgehead atoms. The highest BCUT2D eigenvalue weighted by molar-refractivity contribution is 6.22. The van der Waals surface area contributed by atoms with Crippen LogP contribution in [0.1, 0.15) is 0 Å². The summed E-state index contributed by atoms with van der Waals surface area (Å²) >= 11 is 0. The van der Waals surface area contributed by atoms with Crippen molar-refractivity contribution < 1.29 is 0 Å². The van der Waals surface area contributed by atoms with Gasteiger partial charge in [0.05, 0.1) is 22.1 Å². The third-order valence-corrected chi connectivity index (χ3v) is 13.0. The molecule has 3 heterocycles. The highest BCUT2D eigenvalue weighted by Crippen LogP contribution is 2.40. The van der Waals surface area contributed by atoms with Gasteiger partial charge in [-0.1, -0.05) is 200 Å². The summed E-state index contributed by atoms with van der Waals surface area (Å²) in [6.07, 6.45) is 0. The molecule has 66 heavy (non-hydrogen) atoms. The Morgan fingerprint density at radius 3 is 1.20 bits per heavy atom. The minimum Gasteiger partial charge on any atom is -0.309 e. The number of rotatable bonds is 7. The molecule has 3 aromatic heterocycles. The van der Waals surface area contributed by atoms with Crippen molar-refractivity contribution in [2.24, 2.45) is 0 Å². The predicted molar refractivity (Wildman–Crippen MR) is 273 cm³/mol. The van der Waals surface area contributed by atoms with Crippen LogP contribution in [-0.2, 0) is 0 Å². The van der Waals surface area contributed by atoms with E-state index in [0.717, 1.165) is 60.9 Å². The van der Waals surface area contributed by atoms with Gasteiger partial charge in [0.15, 0.2) is 11.6 Å². The second-order valence-corrected chi connectivity index (χ2v) is 16.8. The lowest BCUT2D eigenvalue weighted by atomic mass is 9.99. The van der Waals surface area contributed by atoms with E-state index in [1.165, 1.54) is 43.7 Å². The van der Waals surface area contributed by atoms with E-state index in [0.29, 0.717) is 17.6 Å². The first kappa shape index (κ1) is 37.6. The molecule has 0 radical (unpaired) electrons. The molecule has 10 aromatic carbocycles. The van der Waals surface area contributed by atoms with Crippen molar-refractivity contribution in [2.75, 3.05) is 0 Å². The summed E-state index contributed by atoms with van der Waals surface area (Å²) in [7, 11) is 0. The predicted octanol–water partition coefficient (Wildman–Crippen LogP) is 15.6. The highest BCUT2D eigenvalue weighted by atomic mass is 15.2. The molecule has 0 aliphatic rings. The molecule has 0 aliphatic carbocycles. The van der Waals surface area contributed by atoms with Gasteiger partial charge in [-0.2, -0.15) is 9.97 Å². The number of fused-ring (bicyclic) bond motifs is 8. The summed E-state index contributed by atoms with van der Waals surface area (Å²) in [5.41, 5.74) is 14.3. The zero-order valence-corrected chi connectivity index (χ0v) is 35.8. The van der Waals surface area contributed by atoms with Crippen molar-refractivity contribution in [1.82, 2.24) is 24.1 Å². The van der Waals surface area contributed by atoms with Gasteiger partial charge in [0, 0.05) is 38.4 Å². The van der Waals surface area contributed by atoms with Crippen LogP contribution >= 0.6 is 0 Å². The minimum atomic E-state index is 0.558. The third-order valence-electron chi connectivity index (χ3n) is 13.0. The standard InChI is InChI=1S/C61H39N5/c1-3-13-40(14-4-1)42-23-25-44(26-24-42)45-29-33-48(34-30-45)60-62-59(47-31-27-43(28-32-47)41-15-5-2-6-16-41)63-61(64-60)66-56-38-36-49(39-53(56)58-50-18-8-7-17-46(50)35-37-57(58)66)65-54-21-11-9-19-51(54)52-20-10-12-22-55(52)65/h1-39H. The van der Waals surface area contributed by atoms with Gasteiger partial charge in [-0.3, -0.25) is 4.57 Å². The van der Waals surface area contributed by atoms with Gasteiger partial charge in [-0.25, -0.2) is 4.98 Å². The SMILES string of the molecule is c1ccc(-c2ccc(-c3ccc(-c4nc(-c5ccc(-c6ccccc6)cc5)nc(-n5c6ccc(-n7c8ccccc8c8ccccc87)cc6c6c7ccccc7ccc65)n4)cc3)cc2)cc1. The summed E-state index contributed by atoms with van der Waals surface area (Å²) in [4.78, 5) is 15.9. The van der Waals surface area contributed by atoms with Crippen LogP contribution in [0.2, 0.25) is 0 Å². The van der Waals surface area contributed by atoms with Gasteiger partial charge >= 0.3 is 0 Å². The molecule has 308 valence electrons. The molecular formula is C61H39N5. The number of nitrogens with zero attached hydrogens (tertiary/aromatic N) is 5. The van der Waals surface area contributed by atoms with E-state index in [1.54, 1.807) is 0 Å². The molecule has 5 heteroatoms. The number of hydrogen-bond donors (Lipinski definition) is 0. The molecule has 5 nitrogen and oxygen atoms in total. The fourth-order valence-electron chi connectivity index (χ4n) is 9.80. The summed E-state index contributed by atoms with van der Waals surface area (Å²) in [6, 6.07) is 84.0. The van der Waals surface area contributed by atoms with Crippen molar-refractivity contribution in [3.8, 4) is 67.8 Å². The monoisotopic (exact) mass is 841 g/mol. The van der Waals surface area contributed by atoms with E-state index in [2.05, 4.69) is 234 Å². The van der Waals surface area contributed by atoms with Gasteiger partial charge in [-0.05, 0) is 80.6 Å². The van der Waals surface area contributed by atoms with Gasteiger partial charge in [0.1, 0.15) is 0 Å². The second-order valence-electron chi connectivity index (χ2n) is 16.8. The molecule has 0 aliphatic heterocycles. The average Bonchev–Trinajstić information content (AvgIpc) is 3.92. The van der Waals surface area contributed by atoms with Crippen LogP contribution in [0, 0.1) is 0 Å². The van der Waals surface area contributed by atoms with Gasteiger partial charge in [0.2, 0.25) is 5.95 Å². The van der Waals surface area contributed by atoms with E-state index in [-0.39, 0.29) is 0 Å². The maximum atomic E-state index is 5.35. The molecule has 0 N–H and O–H groups in total. The minimum absolute atomic E-state index is 0.558. The molecular weight excluding hydrogens is 803 g/mol. The van der Waals surface area contributed by atoms with E-state index in [9.17, 15) is 0 Å². The second kappa shape index (κ2) is 15.4. The Kier molecular flexibility index (Phi) is 8.78. The molecule has 0 saturated carbocycles.